The number of aromatic nitrogens is 3. The number of amides is 1. The maximum absolute atomic E-state index is 12.0. The molecule has 2 aromatic heterocycles. The van der Waals surface area contributed by atoms with Crippen molar-refractivity contribution in [2.24, 2.45) is 0 Å². The predicted octanol–water partition coefficient (Wildman–Crippen LogP) is 4.20. The van der Waals surface area contributed by atoms with Gasteiger partial charge in [0.05, 0.1) is 23.1 Å². The van der Waals surface area contributed by atoms with Crippen LogP contribution < -0.4 is 5.32 Å². The van der Waals surface area contributed by atoms with E-state index in [-0.39, 0.29) is 6.04 Å². The van der Waals surface area contributed by atoms with Crippen molar-refractivity contribution < 1.29 is 9.53 Å². The smallest absolute Gasteiger partial charge is 0.408 e. The molecule has 0 saturated heterocycles. The lowest BCUT2D eigenvalue weighted by Crippen LogP contribution is -2.34. The van der Waals surface area contributed by atoms with E-state index in [2.05, 4.69) is 36.2 Å². The van der Waals surface area contributed by atoms with Crippen LogP contribution in [0.1, 0.15) is 45.1 Å². The standard InChI is InChI=1S/C17H21BrN4O2/c1-10-8-20-15(13-7-6-12(18)9-19-13)14(21-10)11(2)22-16(23)24-17(3,4)5/h6-9,11H,1-5H3,(H,22,23)/t11-/m0/s1. The molecule has 2 aromatic rings. The van der Waals surface area contributed by atoms with Gasteiger partial charge in [0.15, 0.2) is 0 Å². The number of ether oxygens (including phenoxy) is 1. The topological polar surface area (TPSA) is 77.0 Å². The minimum Gasteiger partial charge on any atom is -0.444 e. The molecule has 0 aliphatic rings. The molecule has 0 aliphatic heterocycles. The largest absolute Gasteiger partial charge is 0.444 e. The SMILES string of the molecule is Cc1cnc(-c2ccc(Br)cn2)c([C@H](C)NC(=O)OC(C)(C)C)n1. The summed E-state index contributed by atoms with van der Waals surface area (Å²) in [5.41, 5.74) is 2.19. The van der Waals surface area contributed by atoms with Gasteiger partial charge in [-0.2, -0.15) is 0 Å². The zero-order valence-electron chi connectivity index (χ0n) is 14.4. The van der Waals surface area contributed by atoms with Gasteiger partial charge in [-0.3, -0.25) is 15.0 Å². The molecule has 6 nitrogen and oxygen atoms in total. The highest BCUT2D eigenvalue weighted by atomic mass is 79.9. The third-order valence-corrected chi connectivity index (χ3v) is 3.50. The average Bonchev–Trinajstić information content (AvgIpc) is 2.46. The van der Waals surface area contributed by atoms with E-state index in [4.69, 9.17) is 4.74 Å². The minimum absolute atomic E-state index is 0.368. The van der Waals surface area contributed by atoms with Crippen molar-refractivity contribution in [1.82, 2.24) is 20.3 Å². The van der Waals surface area contributed by atoms with Crippen molar-refractivity contribution in [1.29, 1.82) is 0 Å². The van der Waals surface area contributed by atoms with Crippen molar-refractivity contribution >= 4 is 22.0 Å². The zero-order chi connectivity index (χ0) is 17.9. The molecule has 0 radical (unpaired) electrons. The van der Waals surface area contributed by atoms with E-state index < -0.39 is 11.7 Å². The molecule has 2 rings (SSSR count). The summed E-state index contributed by atoms with van der Waals surface area (Å²) in [5, 5.41) is 2.80. The lowest BCUT2D eigenvalue weighted by atomic mass is 10.1. The van der Waals surface area contributed by atoms with Crippen molar-refractivity contribution in [2.45, 2.75) is 46.3 Å². The van der Waals surface area contributed by atoms with Crippen LogP contribution >= 0.6 is 15.9 Å². The Labute approximate surface area is 150 Å². The van der Waals surface area contributed by atoms with Gasteiger partial charge >= 0.3 is 6.09 Å². The first kappa shape index (κ1) is 18.3. The van der Waals surface area contributed by atoms with Gasteiger partial charge in [0.25, 0.3) is 0 Å². The van der Waals surface area contributed by atoms with Crippen LogP contribution in [0.4, 0.5) is 4.79 Å². The molecule has 24 heavy (non-hydrogen) atoms. The van der Waals surface area contributed by atoms with E-state index in [9.17, 15) is 4.79 Å². The number of carbonyl (C=O) groups is 1. The second-order valence-corrected chi connectivity index (χ2v) is 7.39. The number of nitrogens with one attached hydrogen (secondary N) is 1. The first-order valence-electron chi connectivity index (χ1n) is 7.60. The van der Waals surface area contributed by atoms with E-state index in [1.807, 2.05) is 46.8 Å². The molecule has 0 aromatic carbocycles. The van der Waals surface area contributed by atoms with Gasteiger partial charge in [-0.1, -0.05) is 0 Å². The van der Waals surface area contributed by atoms with Gasteiger partial charge < -0.3 is 10.1 Å². The average molecular weight is 393 g/mol. The van der Waals surface area contributed by atoms with Gasteiger partial charge in [0, 0.05) is 16.9 Å². The third kappa shape index (κ3) is 4.99. The zero-order valence-corrected chi connectivity index (χ0v) is 16.0. The Morgan fingerprint density at radius 3 is 2.54 bits per heavy atom. The highest BCUT2D eigenvalue weighted by Crippen LogP contribution is 2.24. The molecule has 0 saturated carbocycles. The summed E-state index contributed by atoms with van der Waals surface area (Å²) < 4.78 is 6.18. The Kier molecular flexibility index (Phi) is 5.54. The van der Waals surface area contributed by atoms with Crippen LogP contribution in [-0.4, -0.2) is 26.6 Å². The van der Waals surface area contributed by atoms with Gasteiger partial charge in [0.2, 0.25) is 0 Å². The number of alkyl carbamates (subject to hydrolysis) is 1. The molecule has 1 amide bonds. The highest BCUT2D eigenvalue weighted by molar-refractivity contribution is 9.10. The quantitative estimate of drug-likeness (QED) is 0.846. The van der Waals surface area contributed by atoms with Crippen molar-refractivity contribution in [3.05, 3.63) is 40.4 Å². The van der Waals surface area contributed by atoms with Crippen molar-refractivity contribution in [3.63, 3.8) is 0 Å². The van der Waals surface area contributed by atoms with Crippen LogP contribution in [0, 0.1) is 6.92 Å². The number of pyridine rings is 1. The second-order valence-electron chi connectivity index (χ2n) is 6.47. The molecule has 1 N–H and O–H groups in total. The molecule has 0 aliphatic carbocycles. The van der Waals surface area contributed by atoms with Crippen LogP contribution in [0.2, 0.25) is 0 Å². The number of nitrogens with zero attached hydrogens (tertiary/aromatic N) is 3. The number of aryl methyl sites for hydroxylation is 1. The maximum atomic E-state index is 12.0. The number of rotatable bonds is 3. The molecule has 128 valence electrons. The fourth-order valence-corrected chi connectivity index (χ4v) is 2.30. The molecule has 0 spiro atoms. The fraction of sp³-hybridized carbons (Fsp3) is 0.412. The number of halogens is 1. The Balaban J connectivity index is 2.30. The normalized spacial score (nSPS) is 12.6. The summed E-state index contributed by atoms with van der Waals surface area (Å²) in [7, 11) is 0. The number of hydrogen-bond acceptors (Lipinski definition) is 5. The van der Waals surface area contributed by atoms with Gasteiger partial charge in [0.1, 0.15) is 11.3 Å². The molecule has 0 fully saturated rings. The minimum atomic E-state index is -0.557. The van der Waals surface area contributed by atoms with E-state index in [1.54, 1.807) is 12.4 Å². The van der Waals surface area contributed by atoms with E-state index >= 15 is 0 Å². The summed E-state index contributed by atoms with van der Waals surface area (Å²) in [6.07, 6.45) is 2.89. The monoisotopic (exact) mass is 392 g/mol. The number of hydrogen-bond donors (Lipinski definition) is 1. The molecular formula is C17H21BrN4O2. The molecular weight excluding hydrogens is 372 g/mol. The predicted molar refractivity (Wildman–Crippen MR) is 95.5 cm³/mol. The number of carbonyl (C=O) groups excluding carboxylic acids is 1. The summed E-state index contributed by atoms with van der Waals surface area (Å²) in [6.45, 7) is 9.16. The summed E-state index contributed by atoms with van der Waals surface area (Å²) in [6, 6.07) is 3.37. The maximum Gasteiger partial charge on any atom is 0.408 e. The Morgan fingerprint density at radius 2 is 1.96 bits per heavy atom. The van der Waals surface area contributed by atoms with Crippen LogP contribution in [0.5, 0.6) is 0 Å². The first-order valence-corrected chi connectivity index (χ1v) is 8.40. The molecule has 2 heterocycles. The third-order valence-electron chi connectivity index (χ3n) is 3.03. The second kappa shape index (κ2) is 7.25. The lowest BCUT2D eigenvalue weighted by Gasteiger charge is -2.22. The summed E-state index contributed by atoms with van der Waals surface area (Å²) in [5.74, 6) is 0. The summed E-state index contributed by atoms with van der Waals surface area (Å²) >= 11 is 3.37. The molecule has 0 bridgehead atoms. The lowest BCUT2D eigenvalue weighted by molar-refractivity contribution is 0.0507. The fourth-order valence-electron chi connectivity index (χ4n) is 2.06. The highest BCUT2D eigenvalue weighted by Gasteiger charge is 2.22. The summed E-state index contributed by atoms with van der Waals surface area (Å²) in [4.78, 5) is 25.4. The van der Waals surface area contributed by atoms with E-state index in [0.717, 1.165) is 10.2 Å². The van der Waals surface area contributed by atoms with Crippen molar-refractivity contribution in [2.75, 3.05) is 0 Å². The Morgan fingerprint density at radius 1 is 1.25 bits per heavy atom. The molecule has 0 unspecified atom stereocenters. The van der Waals surface area contributed by atoms with Crippen LogP contribution in [0.25, 0.3) is 11.4 Å². The molecule has 1 atom stereocenters. The van der Waals surface area contributed by atoms with Crippen LogP contribution in [0.15, 0.2) is 29.0 Å². The first-order chi connectivity index (χ1) is 11.2. The Hall–Kier alpha value is -2.02. The van der Waals surface area contributed by atoms with E-state index in [0.29, 0.717) is 17.1 Å². The van der Waals surface area contributed by atoms with Crippen molar-refractivity contribution in [3.8, 4) is 11.4 Å². The van der Waals surface area contributed by atoms with Crippen LogP contribution in [0.3, 0.4) is 0 Å². The van der Waals surface area contributed by atoms with Gasteiger partial charge in [-0.15, -0.1) is 0 Å². The molecule has 7 heteroatoms. The Bertz CT molecular complexity index is 726. The van der Waals surface area contributed by atoms with Gasteiger partial charge in [-0.25, -0.2) is 4.79 Å². The van der Waals surface area contributed by atoms with Gasteiger partial charge in [-0.05, 0) is 62.7 Å². The van der Waals surface area contributed by atoms with E-state index in [1.165, 1.54) is 0 Å². The van der Waals surface area contributed by atoms with Crippen LogP contribution in [-0.2, 0) is 4.74 Å².